The second-order valence-corrected chi connectivity index (χ2v) is 5.60. The van der Waals surface area contributed by atoms with Gasteiger partial charge in [0.25, 0.3) is 0 Å². The van der Waals surface area contributed by atoms with E-state index in [1.165, 1.54) is 6.92 Å². The van der Waals surface area contributed by atoms with Crippen LogP contribution in [0.1, 0.15) is 17.3 Å². The minimum absolute atomic E-state index is 0.158. The van der Waals surface area contributed by atoms with E-state index in [0.717, 1.165) is 22.3 Å². The Morgan fingerprint density at radius 2 is 1.56 bits per heavy atom. The molecule has 0 saturated heterocycles. The topological polar surface area (TPSA) is 79.3 Å². The Hall–Kier alpha value is -3.47. The molecule has 0 atom stereocenters. The summed E-state index contributed by atoms with van der Waals surface area (Å²) in [4.78, 5) is 26.8. The number of pyridine rings is 1. The zero-order valence-electron chi connectivity index (χ0n) is 13.6. The minimum Gasteiger partial charge on any atom is -0.478 e. The summed E-state index contributed by atoms with van der Waals surface area (Å²) >= 11 is 0. The number of nitrogens with one attached hydrogen (secondary N) is 1. The summed E-state index contributed by atoms with van der Waals surface area (Å²) in [6.07, 6.45) is 3.33. The van der Waals surface area contributed by atoms with Crippen LogP contribution in [0.15, 0.2) is 67.0 Å². The van der Waals surface area contributed by atoms with Gasteiger partial charge in [-0.05, 0) is 64.7 Å². The molecule has 124 valence electrons. The Kier molecular flexibility index (Phi) is 4.57. The fraction of sp³-hybridized carbons (Fsp3) is 0.0500. The summed E-state index contributed by atoms with van der Waals surface area (Å²) in [6, 6.07) is 16.2. The van der Waals surface area contributed by atoms with Crippen molar-refractivity contribution in [2.45, 2.75) is 6.92 Å². The number of aromatic carboxylic acids is 1. The summed E-state index contributed by atoms with van der Waals surface area (Å²) < 4.78 is 0. The first-order chi connectivity index (χ1) is 12.0. The van der Waals surface area contributed by atoms with E-state index < -0.39 is 5.97 Å². The summed E-state index contributed by atoms with van der Waals surface area (Å²) in [6.45, 7) is 1.44. The third kappa shape index (κ3) is 3.90. The first kappa shape index (κ1) is 16.4. The fourth-order valence-corrected chi connectivity index (χ4v) is 2.61. The number of carbonyl (C=O) groups is 2. The zero-order chi connectivity index (χ0) is 17.8. The fourth-order valence-electron chi connectivity index (χ4n) is 2.61. The van der Waals surface area contributed by atoms with E-state index in [0.29, 0.717) is 5.69 Å². The lowest BCUT2D eigenvalue weighted by atomic mass is 9.96. The molecule has 0 saturated carbocycles. The van der Waals surface area contributed by atoms with Gasteiger partial charge in [-0.1, -0.05) is 12.1 Å². The number of carboxylic acid groups (broad SMARTS) is 1. The Morgan fingerprint density at radius 1 is 0.880 bits per heavy atom. The van der Waals surface area contributed by atoms with Gasteiger partial charge in [-0.2, -0.15) is 0 Å². The highest BCUT2D eigenvalue weighted by atomic mass is 16.4. The summed E-state index contributed by atoms with van der Waals surface area (Å²) in [7, 11) is 0. The number of carboxylic acids is 1. The number of hydrogen-bond acceptors (Lipinski definition) is 3. The maximum absolute atomic E-state index is 11.5. The van der Waals surface area contributed by atoms with Crippen LogP contribution in [-0.4, -0.2) is 22.0 Å². The average molecular weight is 332 g/mol. The van der Waals surface area contributed by atoms with Gasteiger partial charge in [-0.3, -0.25) is 9.78 Å². The molecule has 3 rings (SSSR count). The number of nitrogens with zero attached hydrogens (tertiary/aromatic N) is 1. The molecule has 0 bridgehead atoms. The first-order valence-corrected chi connectivity index (χ1v) is 7.70. The van der Waals surface area contributed by atoms with Crippen LogP contribution in [-0.2, 0) is 4.79 Å². The van der Waals surface area contributed by atoms with E-state index in [1.807, 2.05) is 36.4 Å². The van der Waals surface area contributed by atoms with E-state index in [1.54, 1.807) is 30.6 Å². The van der Waals surface area contributed by atoms with Crippen molar-refractivity contribution in [3.63, 3.8) is 0 Å². The van der Waals surface area contributed by atoms with E-state index in [9.17, 15) is 14.7 Å². The summed E-state index contributed by atoms with van der Waals surface area (Å²) in [5.74, 6) is -1.15. The largest absolute Gasteiger partial charge is 0.478 e. The lowest BCUT2D eigenvalue weighted by Gasteiger charge is -2.10. The van der Waals surface area contributed by atoms with Crippen molar-refractivity contribution in [3.05, 3.63) is 72.6 Å². The molecule has 0 spiro atoms. The maximum Gasteiger partial charge on any atom is 0.335 e. The average Bonchev–Trinajstić information content (AvgIpc) is 2.62. The van der Waals surface area contributed by atoms with E-state index in [2.05, 4.69) is 10.3 Å². The Bertz CT molecular complexity index is 937. The molecule has 0 aliphatic heterocycles. The molecule has 5 heteroatoms. The molecule has 2 N–H and O–H groups in total. The van der Waals surface area contributed by atoms with Crippen molar-refractivity contribution in [1.82, 2.24) is 4.98 Å². The number of aromatic nitrogens is 1. The van der Waals surface area contributed by atoms with Gasteiger partial charge >= 0.3 is 5.97 Å². The van der Waals surface area contributed by atoms with Gasteiger partial charge in [0.15, 0.2) is 0 Å². The number of anilines is 1. The summed E-state index contributed by atoms with van der Waals surface area (Å²) in [5.41, 5.74) is 4.13. The van der Waals surface area contributed by atoms with Gasteiger partial charge in [-0.15, -0.1) is 0 Å². The Balaban J connectivity index is 2.11. The lowest BCUT2D eigenvalue weighted by Crippen LogP contribution is -2.05. The van der Waals surface area contributed by atoms with Crippen molar-refractivity contribution in [2.75, 3.05) is 5.32 Å². The predicted molar refractivity (Wildman–Crippen MR) is 96.4 cm³/mol. The molecule has 3 aromatic rings. The molecule has 0 fully saturated rings. The maximum atomic E-state index is 11.5. The van der Waals surface area contributed by atoms with Gasteiger partial charge in [0.2, 0.25) is 5.91 Å². The molecule has 25 heavy (non-hydrogen) atoms. The van der Waals surface area contributed by atoms with Crippen LogP contribution in [0, 0.1) is 0 Å². The van der Waals surface area contributed by atoms with Crippen molar-refractivity contribution in [2.24, 2.45) is 0 Å². The van der Waals surface area contributed by atoms with Crippen LogP contribution < -0.4 is 5.32 Å². The number of amides is 1. The number of hydrogen-bond donors (Lipinski definition) is 2. The highest BCUT2D eigenvalue weighted by Gasteiger charge is 2.10. The third-order valence-electron chi connectivity index (χ3n) is 3.71. The van der Waals surface area contributed by atoms with Crippen molar-refractivity contribution in [3.8, 4) is 22.3 Å². The van der Waals surface area contributed by atoms with Crippen LogP contribution in [0.2, 0.25) is 0 Å². The number of rotatable bonds is 4. The van der Waals surface area contributed by atoms with Gasteiger partial charge in [0, 0.05) is 25.0 Å². The molecule has 2 aromatic carbocycles. The molecule has 1 heterocycles. The molecular weight excluding hydrogens is 316 g/mol. The molecule has 0 aliphatic rings. The standard InChI is InChI=1S/C20H16N2O3/c1-13(23)22-19-4-2-3-15(12-19)17-9-16(10-18(11-17)20(24)25)14-5-7-21-8-6-14/h2-12H,1H3,(H,22,23)(H,24,25). The second-order valence-electron chi connectivity index (χ2n) is 5.60. The van der Waals surface area contributed by atoms with E-state index in [4.69, 9.17) is 0 Å². The highest BCUT2D eigenvalue weighted by molar-refractivity contribution is 5.93. The van der Waals surface area contributed by atoms with E-state index in [-0.39, 0.29) is 11.5 Å². The minimum atomic E-state index is -0.991. The van der Waals surface area contributed by atoms with E-state index >= 15 is 0 Å². The highest BCUT2D eigenvalue weighted by Crippen LogP contribution is 2.29. The molecular formula is C20H16N2O3. The quantitative estimate of drug-likeness (QED) is 0.755. The first-order valence-electron chi connectivity index (χ1n) is 7.70. The normalized spacial score (nSPS) is 10.3. The van der Waals surface area contributed by atoms with Crippen molar-refractivity contribution < 1.29 is 14.7 Å². The number of benzene rings is 2. The summed E-state index contributed by atoms with van der Waals surface area (Å²) in [5, 5.41) is 12.2. The molecule has 0 unspecified atom stereocenters. The lowest BCUT2D eigenvalue weighted by molar-refractivity contribution is -0.114. The molecule has 0 radical (unpaired) electrons. The molecule has 0 aliphatic carbocycles. The van der Waals surface area contributed by atoms with Gasteiger partial charge in [0.1, 0.15) is 0 Å². The predicted octanol–water partition coefficient (Wildman–Crippen LogP) is 4.07. The molecule has 1 aromatic heterocycles. The molecule has 5 nitrogen and oxygen atoms in total. The number of carbonyl (C=O) groups excluding carboxylic acids is 1. The van der Waals surface area contributed by atoms with Gasteiger partial charge in [-0.25, -0.2) is 4.79 Å². The van der Waals surface area contributed by atoms with Crippen molar-refractivity contribution >= 4 is 17.6 Å². The SMILES string of the molecule is CC(=O)Nc1cccc(-c2cc(C(=O)O)cc(-c3ccncc3)c2)c1. The van der Waals surface area contributed by atoms with Crippen molar-refractivity contribution in [1.29, 1.82) is 0 Å². The van der Waals surface area contributed by atoms with Crippen LogP contribution in [0.4, 0.5) is 5.69 Å². The van der Waals surface area contributed by atoms with Crippen LogP contribution >= 0.6 is 0 Å². The second kappa shape index (κ2) is 6.97. The Morgan fingerprint density at radius 3 is 2.20 bits per heavy atom. The van der Waals surface area contributed by atoms with Gasteiger partial charge < -0.3 is 10.4 Å². The molecule has 1 amide bonds. The van der Waals surface area contributed by atoms with Crippen LogP contribution in [0.5, 0.6) is 0 Å². The zero-order valence-corrected chi connectivity index (χ0v) is 13.6. The van der Waals surface area contributed by atoms with Gasteiger partial charge in [0.05, 0.1) is 5.56 Å². The van der Waals surface area contributed by atoms with Crippen LogP contribution in [0.25, 0.3) is 22.3 Å². The monoisotopic (exact) mass is 332 g/mol. The smallest absolute Gasteiger partial charge is 0.335 e. The Labute approximate surface area is 145 Å². The third-order valence-corrected chi connectivity index (χ3v) is 3.71. The van der Waals surface area contributed by atoms with Crippen LogP contribution in [0.3, 0.4) is 0 Å².